The molecule has 0 amide bonds. The van der Waals surface area contributed by atoms with Gasteiger partial charge in [0, 0.05) is 17.8 Å². The van der Waals surface area contributed by atoms with Gasteiger partial charge < -0.3 is 10.1 Å². The van der Waals surface area contributed by atoms with Crippen molar-refractivity contribution in [2.24, 2.45) is 0 Å². The molecule has 0 radical (unpaired) electrons. The van der Waals surface area contributed by atoms with Gasteiger partial charge in [-0.2, -0.15) is 0 Å². The predicted octanol–water partition coefficient (Wildman–Crippen LogP) is 1.89. The number of nitrogens with one attached hydrogen (secondary N) is 1. The van der Waals surface area contributed by atoms with Gasteiger partial charge in [0.25, 0.3) is 0 Å². The van der Waals surface area contributed by atoms with Crippen LogP contribution in [0.2, 0.25) is 5.15 Å². The number of aromatic nitrogens is 1. The highest BCUT2D eigenvalue weighted by molar-refractivity contribution is 6.30. The van der Waals surface area contributed by atoms with Gasteiger partial charge in [-0.15, -0.1) is 0 Å². The molecule has 0 unspecified atom stereocenters. The average molecular weight is 243 g/mol. The van der Waals surface area contributed by atoms with E-state index in [1.165, 1.54) is 12.8 Å². The number of nitrogens with zero attached hydrogens (tertiary/aromatic N) is 1. The van der Waals surface area contributed by atoms with Crippen LogP contribution in [-0.4, -0.2) is 34.0 Å². The second kappa shape index (κ2) is 4.89. The van der Waals surface area contributed by atoms with Crippen molar-refractivity contribution in [1.29, 1.82) is 0 Å². The average Bonchev–Trinajstić information content (AvgIpc) is 2.77. The third-order valence-corrected chi connectivity index (χ3v) is 3.17. The Morgan fingerprint density at radius 1 is 1.50 bits per heavy atom. The molecule has 5 heteroatoms. The summed E-state index contributed by atoms with van der Waals surface area (Å²) in [5.74, 6) is -0.842. The summed E-state index contributed by atoms with van der Waals surface area (Å²) in [6, 6.07) is 1.86. The second-order valence-corrected chi connectivity index (χ2v) is 4.57. The van der Waals surface area contributed by atoms with Gasteiger partial charge >= 0.3 is 5.97 Å². The molecule has 0 bridgehead atoms. The van der Waals surface area contributed by atoms with Gasteiger partial charge in [0.2, 0.25) is 0 Å². The molecule has 1 aromatic heterocycles. The molecular formula is C11H15ClN2O2. The highest BCUT2D eigenvalue weighted by Crippen LogP contribution is 2.21. The first-order valence-corrected chi connectivity index (χ1v) is 5.83. The second-order valence-electron chi connectivity index (χ2n) is 4.19. The van der Waals surface area contributed by atoms with E-state index in [1.54, 1.807) is 0 Å². The summed E-state index contributed by atoms with van der Waals surface area (Å²) < 4.78 is 0. The third-order valence-electron chi connectivity index (χ3n) is 2.84. The maximum absolute atomic E-state index is 10.6. The number of hydrogen-bond donors (Lipinski definition) is 2. The van der Waals surface area contributed by atoms with Crippen molar-refractivity contribution in [2.75, 3.05) is 13.1 Å². The van der Waals surface area contributed by atoms with Crippen LogP contribution in [0, 0.1) is 0 Å². The Kier molecular flexibility index (Phi) is 3.51. The first-order valence-electron chi connectivity index (χ1n) is 5.45. The van der Waals surface area contributed by atoms with Crippen molar-refractivity contribution < 1.29 is 9.90 Å². The van der Waals surface area contributed by atoms with Crippen molar-refractivity contribution in [1.82, 2.24) is 9.88 Å². The minimum absolute atomic E-state index is 0.000278. The van der Waals surface area contributed by atoms with Crippen LogP contribution in [0.15, 0.2) is 6.07 Å². The molecule has 1 saturated heterocycles. The topological polar surface area (TPSA) is 56.3 Å². The molecule has 0 aromatic carbocycles. The highest BCUT2D eigenvalue weighted by atomic mass is 35.5. The lowest BCUT2D eigenvalue weighted by Gasteiger charge is -2.13. The van der Waals surface area contributed by atoms with Crippen molar-refractivity contribution in [3.8, 4) is 0 Å². The first kappa shape index (κ1) is 11.5. The number of rotatable bonds is 4. The van der Waals surface area contributed by atoms with Crippen LogP contribution in [0.3, 0.4) is 0 Å². The molecule has 0 spiro atoms. The van der Waals surface area contributed by atoms with Crippen LogP contribution in [0.25, 0.3) is 0 Å². The summed E-state index contributed by atoms with van der Waals surface area (Å²) in [7, 11) is 0. The molecule has 4 nitrogen and oxygen atoms in total. The van der Waals surface area contributed by atoms with Gasteiger partial charge in [-0.25, -0.2) is 0 Å². The van der Waals surface area contributed by atoms with E-state index in [0.29, 0.717) is 10.8 Å². The van der Waals surface area contributed by atoms with Crippen LogP contribution >= 0.6 is 11.6 Å². The number of carboxylic acid groups (broad SMARTS) is 1. The number of H-pyrrole nitrogens is 1. The van der Waals surface area contributed by atoms with Crippen LogP contribution in [0.1, 0.15) is 24.1 Å². The highest BCUT2D eigenvalue weighted by Gasteiger charge is 2.15. The minimum Gasteiger partial charge on any atom is -0.481 e. The van der Waals surface area contributed by atoms with E-state index in [-0.39, 0.29) is 6.42 Å². The van der Waals surface area contributed by atoms with Gasteiger partial charge in [-0.05, 0) is 32.0 Å². The van der Waals surface area contributed by atoms with Crippen LogP contribution < -0.4 is 0 Å². The number of aliphatic carboxylic acids is 1. The van der Waals surface area contributed by atoms with Crippen LogP contribution in [0.4, 0.5) is 0 Å². The summed E-state index contributed by atoms with van der Waals surface area (Å²) in [6.07, 6.45) is 2.48. The first-order chi connectivity index (χ1) is 7.65. The van der Waals surface area contributed by atoms with E-state index in [4.69, 9.17) is 16.7 Å². The minimum atomic E-state index is -0.842. The standard InChI is InChI=1S/C11H15ClN2O2/c12-11-8(7-14-3-1-2-4-14)5-9(13-11)6-10(15)16/h5,13H,1-4,6-7H2,(H,15,16). The van der Waals surface area contributed by atoms with E-state index in [2.05, 4.69) is 9.88 Å². The lowest BCUT2D eigenvalue weighted by atomic mass is 10.2. The fourth-order valence-electron chi connectivity index (χ4n) is 2.09. The molecule has 16 heavy (non-hydrogen) atoms. The fraction of sp³-hybridized carbons (Fsp3) is 0.545. The Morgan fingerprint density at radius 3 is 2.81 bits per heavy atom. The number of halogens is 1. The molecule has 0 atom stereocenters. The quantitative estimate of drug-likeness (QED) is 0.848. The van der Waals surface area contributed by atoms with E-state index < -0.39 is 5.97 Å². The monoisotopic (exact) mass is 242 g/mol. The van der Waals surface area contributed by atoms with E-state index in [1.807, 2.05) is 6.07 Å². The molecule has 1 aliphatic heterocycles. The zero-order valence-electron chi connectivity index (χ0n) is 9.00. The molecule has 1 aliphatic rings. The molecule has 0 aliphatic carbocycles. The van der Waals surface area contributed by atoms with Crippen LogP contribution in [0.5, 0.6) is 0 Å². The summed E-state index contributed by atoms with van der Waals surface area (Å²) in [6.45, 7) is 3.03. The number of likely N-dealkylation sites (tertiary alicyclic amines) is 1. The Hall–Kier alpha value is -1.00. The molecule has 0 saturated carbocycles. The van der Waals surface area contributed by atoms with Gasteiger partial charge in [-0.3, -0.25) is 9.69 Å². The molecular weight excluding hydrogens is 228 g/mol. The SMILES string of the molecule is O=C(O)Cc1cc(CN2CCCC2)c(Cl)[nH]1. The lowest BCUT2D eigenvalue weighted by molar-refractivity contribution is -0.136. The number of hydrogen-bond acceptors (Lipinski definition) is 2. The Bertz CT molecular complexity index is 383. The predicted molar refractivity (Wildman–Crippen MR) is 61.7 cm³/mol. The Morgan fingerprint density at radius 2 is 2.19 bits per heavy atom. The molecule has 1 fully saturated rings. The summed E-state index contributed by atoms with van der Waals surface area (Å²) in [5, 5.41) is 9.25. The number of aromatic amines is 1. The Labute approximate surface area is 99.2 Å². The summed E-state index contributed by atoms with van der Waals surface area (Å²) in [4.78, 5) is 15.8. The fourth-order valence-corrected chi connectivity index (χ4v) is 2.32. The summed E-state index contributed by atoms with van der Waals surface area (Å²) >= 11 is 6.03. The molecule has 1 aromatic rings. The Balaban J connectivity index is 2.02. The van der Waals surface area contributed by atoms with Gasteiger partial charge in [0.15, 0.2) is 0 Å². The van der Waals surface area contributed by atoms with E-state index >= 15 is 0 Å². The largest absolute Gasteiger partial charge is 0.481 e. The number of carboxylic acids is 1. The van der Waals surface area contributed by atoms with Gasteiger partial charge in [0.05, 0.1) is 6.42 Å². The maximum Gasteiger partial charge on any atom is 0.309 e. The maximum atomic E-state index is 10.6. The summed E-state index contributed by atoms with van der Waals surface area (Å²) in [5.41, 5.74) is 1.67. The number of carbonyl (C=O) groups is 1. The van der Waals surface area contributed by atoms with Crippen molar-refractivity contribution >= 4 is 17.6 Å². The lowest BCUT2D eigenvalue weighted by Crippen LogP contribution is -2.18. The van der Waals surface area contributed by atoms with E-state index in [9.17, 15) is 4.79 Å². The molecule has 2 N–H and O–H groups in total. The molecule has 2 rings (SSSR count). The van der Waals surface area contributed by atoms with E-state index in [0.717, 1.165) is 25.2 Å². The van der Waals surface area contributed by atoms with Gasteiger partial charge in [0.1, 0.15) is 5.15 Å². The molecule has 88 valence electrons. The zero-order chi connectivity index (χ0) is 11.5. The van der Waals surface area contributed by atoms with Crippen molar-refractivity contribution in [2.45, 2.75) is 25.8 Å². The normalized spacial score (nSPS) is 16.8. The van der Waals surface area contributed by atoms with Crippen molar-refractivity contribution in [3.05, 3.63) is 22.5 Å². The zero-order valence-corrected chi connectivity index (χ0v) is 9.76. The third kappa shape index (κ3) is 2.77. The molecule has 2 heterocycles. The smallest absolute Gasteiger partial charge is 0.309 e. The van der Waals surface area contributed by atoms with Gasteiger partial charge in [-0.1, -0.05) is 11.6 Å². The van der Waals surface area contributed by atoms with Crippen LogP contribution in [-0.2, 0) is 17.8 Å². The van der Waals surface area contributed by atoms with Crippen molar-refractivity contribution in [3.63, 3.8) is 0 Å².